The fraction of sp³-hybridized carbons (Fsp3) is 0.500. The summed E-state index contributed by atoms with van der Waals surface area (Å²) in [7, 11) is 1.58. The van der Waals surface area contributed by atoms with Crippen molar-refractivity contribution in [3.8, 4) is 5.75 Å². The number of esters is 1. The molecule has 0 saturated carbocycles. The van der Waals surface area contributed by atoms with Crippen molar-refractivity contribution in [3.05, 3.63) is 35.9 Å². The summed E-state index contributed by atoms with van der Waals surface area (Å²) in [6, 6.07) is 6.64. The molecule has 3 atom stereocenters. The van der Waals surface area contributed by atoms with Crippen LogP contribution in [-0.2, 0) is 19.1 Å². The van der Waals surface area contributed by atoms with Crippen LogP contribution in [0.5, 0.6) is 5.75 Å². The third kappa shape index (κ3) is 6.62. The second-order valence-corrected chi connectivity index (χ2v) is 7.37. The SMILES string of the molecule is COc1ccc(/C=C/C(=O)N[C@@H](C)C(=O)OCC(=O)N2[C@@H](C)CCC[C@@H]2C)cc1. The van der Waals surface area contributed by atoms with Gasteiger partial charge in [0.1, 0.15) is 11.8 Å². The van der Waals surface area contributed by atoms with Gasteiger partial charge in [-0.15, -0.1) is 0 Å². The highest BCUT2D eigenvalue weighted by Crippen LogP contribution is 2.22. The minimum atomic E-state index is -0.855. The molecule has 1 aromatic rings. The summed E-state index contributed by atoms with van der Waals surface area (Å²) in [4.78, 5) is 38.4. The smallest absolute Gasteiger partial charge is 0.328 e. The Morgan fingerprint density at radius 1 is 1.17 bits per heavy atom. The second kappa shape index (κ2) is 10.6. The normalized spacial score (nSPS) is 20.2. The first-order valence-corrected chi connectivity index (χ1v) is 9.92. The Balaban J connectivity index is 1.79. The Labute approximate surface area is 172 Å². The summed E-state index contributed by atoms with van der Waals surface area (Å²) >= 11 is 0. The van der Waals surface area contributed by atoms with Gasteiger partial charge in [-0.3, -0.25) is 9.59 Å². The first-order chi connectivity index (χ1) is 13.8. The van der Waals surface area contributed by atoms with Gasteiger partial charge in [0.2, 0.25) is 5.91 Å². The maximum Gasteiger partial charge on any atom is 0.328 e. The van der Waals surface area contributed by atoms with Crippen molar-refractivity contribution in [2.75, 3.05) is 13.7 Å². The number of hydrogen-bond acceptors (Lipinski definition) is 5. The van der Waals surface area contributed by atoms with E-state index in [1.807, 2.05) is 26.0 Å². The van der Waals surface area contributed by atoms with E-state index in [4.69, 9.17) is 9.47 Å². The summed E-state index contributed by atoms with van der Waals surface area (Å²) in [5.74, 6) is -0.529. The Morgan fingerprint density at radius 2 is 1.79 bits per heavy atom. The molecule has 2 amide bonds. The van der Waals surface area contributed by atoms with E-state index < -0.39 is 17.9 Å². The summed E-state index contributed by atoms with van der Waals surface area (Å²) < 4.78 is 10.2. The standard InChI is InChI=1S/C22H30N2O5/c1-15-6-5-7-16(2)24(15)21(26)14-29-22(27)17(3)23-20(25)13-10-18-8-11-19(28-4)12-9-18/h8-13,15-17H,5-7,14H2,1-4H3,(H,23,25)/b13-10+/t15-,16-,17-/m0/s1. The number of nitrogens with zero attached hydrogens (tertiary/aromatic N) is 1. The van der Waals surface area contributed by atoms with Gasteiger partial charge in [-0.1, -0.05) is 12.1 Å². The van der Waals surface area contributed by atoms with Gasteiger partial charge in [0.05, 0.1) is 7.11 Å². The maximum absolute atomic E-state index is 12.4. The fourth-order valence-electron chi connectivity index (χ4n) is 3.45. The molecule has 158 valence electrons. The Kier molecular flexibility index (Phi) is 8.24. The lowest BCUT2D eigenvalue weighted by Crippen LogP contribution is -2.49. The van der Waals surface area contributed by atoms with Crippen molar-refractivity contribution < 1.29 is 23.9 Å². The summed E-state index contributed by atoms with van der Waals surface area (Å²) in [5, 5.41) is 2.54. The van der Waals surface area contributed by atoms with E-state index in [0.717, 1.165) is 30.6 Å². The average Bonchev–Trinajstić information content (AvgIpc) is 2.70. The fourth-order valence-corrected chi connectivity index (χ4v) is 3.45. The van der Waals surface area contributed by atoms with Crippen LogP contribution in [0.2, 0.25) is 0 Å². The first-order valence-electron chi connectivity index (χ1n) is 9.92. The van der Waals surface area contributed by atoms with E-state index in [1.165, 1.54) is 13.0 Å². The van der Waals surface area contributed by atoms with E-state index >= 15 is 0 Å². The van der Waals surface area contributed by atoms with Gasteiger partial charge in [0, 0.05) is 18.2 Å². The van der Waals surface area contributed by atoms with Crippen LogP contribution in [0.1, 0.15) is 45.6 Å². The number of carbonyl (C=O) groups excluding carboxylic acids is 3. The Morgan fingerprint density at radius 3 is 2.38 bits per heavy atom. The molecular formula is C22H30N2O5. The zero-order valence-corrected chi connectivity index (χ0v) is 17.5. The highest BCUT2D eigenvalue weighted by atomic mass is 16.5. The van der Waals surface area contributed by atoms with Crippen LogP contribution in [0, 0.1) is 0 Å². The average molecular weight is 402 g/mol. The number of methoxy groups -OCH3 is 1. The van der Waals surface area contributed by atoms with Crippen molar-refractivity contribution >= 4 is 23.9 Å². The number of carbonyl (C=O) groups is 3. The Bertz CT molecular complexity index is 734. The molecule has 2 rings (SSSR count). The molecule has 0 aromatic heterocycles. The molecule has 0 aliphatic carbocycles. The lowest BCUT2D eigenvalue weighted by molar-refractivity contribution is -0.156. The number of amides is 2. The number of rotatable bonds is 7. The lowest BCUT2D eigenvalue weighted by atomic mass is 9.97. The van der Waals surface area contributed by atoms with Crippen LogP contribution in [0.15, 0.2) is 30.3 Å². The van der Waals surface area contributed by atoms with Gasteiger partial charge in [-0.25, -0.2) is 4.79 Å². The van der Waals surface area contributed by atoms with Gasteiger partial charge in [-0.2, -0.15) is 0 Å². The molecule has 0 unspecified atom stereocenters. The minimum absolute atomic E-state index is 0.144. The number of piperidine rings is 1. The molecule has 0 radical (unpaired) electrons. The van der Waals surface area contributed by atoms with Crippen molar-refractivity contribution in [2.24, 2.45) is 0 Å². The second-order valence-electron chi connectivity index (χ2n) is 7.37. The molecular weight excluding hydrogens is 372 g/mol. The topological polar surface area (TPSA) is 84.9 Å². The van der Waals surface area contributed by atoms with E-state index in [2.05, 4.69) is 5.32 Å². The van der Waals surface area contributed by atoms with E-state index in [-0.39, 0.29) is 24.6 Å². The van der Waals surface area contributed by atoms with E-state index in [9.17, 15) is 14.4 Å². The highest BCUT2D eigenvalue weighted by molar-refractivity contribution is 5.94. The van der Waals surface area contributed by atoms with Gasteiger partial charge in [0.15, 0.2) is 6.61 Å². The zero-order valence-electron chi connectivity index (χ0n) is 17.5. The summed E-state index contributed by atoms with van der Waals surface area (Å²) in [6.07, 6.45) is 5.98. The van der Waals surface area contributed by atoms with E-state index in [1.54, 1.807) is 30.2 Å². The van der Waals surface area contributed by atoms with Crippen molar-refractivity contribution in [1.29, 1.82) is 0 Å². The van der Waals surface area contributed by atoms with Gasteiger partial charge in [0.25, 0.3) is 5.91 Å². The van der Waals surface area contributed by atoms with Crippen LogP contribution in [0.3, 0.4) is 0 Å². The lowest BCUT2D eigenvalue weighted by Gasteiger charge is -2.38. The van der Waals surface area contributed by atoms with Gasteiger partial charge >= 0.3 is 5.97 Å². The molecule has 1 saturated heterocycles. The monoisotopic (exact) mass is 402 g/mol. The minimum Gasteiger partial charge on any atom is -0.497 e. The van der Waals surface area contributed by atoms with Crippen LogP contribution in [0.4, 0.5) is 0 Å². The quantitative estimate of drug-likeness (QED) is 0.560. The summed E-state index contributed by atoms with van der Waals surface area (Å²) in [6.45, 7) is 5.23. The Hall–Kier alpha value is -2.83. The molecule has 1 aliphatic rings. The number of hydrogen-bond donors (Lipinski definition) is 1. The largest absolute Gasteiger partial charge is 0.497 e. The first kappa shape index (κ1) is 22.5. The maximum atomic E-state index is 12.4. The molecule has 1 aromatic carbocycles. The molecule has 1 aliphatic heterocycles. The molecule has 7 nitrogen and oxygen atoms in total. The predicted octanol–water partition coefficient (Wildman–Crippen LogP) is 2.55. The van der Waals surface area contributed by atoms with Crippen LogP contribution in [0.25, 0.3) is 6.08 Å². The zero-order chi connectivity index (χ0) is 21.4. The van der Waals surface area contributed by atoms with Crippen LogP contribution >= 0.6 is 0 Å². The van der Waals surface area contributed by atoms with Gasteiger partial charge in [-0.05, 0) is 63.8 Å². The number of nitrogens with one attached hydrogen (secondary N) is 1. The molecule has 29 heavy (non-hydrogen) atoms. The molecule has 7 heteroatoms. The molecule has 1 N–H and O–H groups in total. The van der Waals surface area contributed by atoms with Crippen molar-refractivity contribution in [2.45, 2.75) is 58.2 Å². The third-order valence-electron chi connectivity index (χ3n) is 5.07. The third-order valence-corrected chi connectivity index (χ3v) is 5.07. The molecule has 1 fully saturated rings. The van der Waals surface area contributed by atoms with Crippen LogP contribution < -0.4 is 10.1 Å². The molecule has 0 spiro atoms. The number of likely N-dealkylation sites (tertiary alicyclic amines) is 1. The summed E-state index contributed by atoms with van der Waals surface area (Å²) in [5.41, 5.74) is 0.826. The van der Waals surface area contributed by atoms with Crippen molar-refractivity contribution in [3.63, 3.8) is 0 Å². The number of benzene rings is 1. The molecule has 1 heterocycles. The van der Waals surface area contributed by atoms with Crippen LogP contribution in [-0.4, -0.2) is 54.5 Å². The number of ether oxygens (including phenoxy) is 2. The predicted molar refractivity (Wildman–Crippen MR) is 110 cm³/mol. The highest BCUT2D eigenvalue weighted by Gasteiger charge is 2.29. The van der Waals surface area contributed by atoms with Gasteiger partial charge < -0.3 is 19.7 Å². The van der Waals surface area contributed by atoms with E-state index in [0.29, 0.717) is 0 Å². The van der Waals surface area contributed by atoms with Crippen molar-refractivity contribution in [1.82, 2.24) is 10.2 Å². The molecule has 0 bridgehead atoms.